The summed E-state index contributed by atoms with van der Waals surface area (Å²) in [4.78, 5) is 33.3. The summed E-state index contributed by atoms with van der Waals surface area (Å²) < 4.78 is 20.9. The fourth-order valence-electron chi connectivity index (χ4n) is 4.49. The van der Waals surface area contributed by atoms with E-state index in [4.69, 9.17) is 4.74 Å². The molecular formula is C27H35FN8O3. The smallest absolute Gasteiger partial charge is 0.407 e. The van der Waals surface area contributed by atoms with Gasteiger partial charge in [0.15, 0.2) is 17.2 Å². The molecular weight excluding hydrogens is 503 g/mol. The molecule has 208 valence electrons. The number of hydrogen-bond acceptors (Lipinski definition) is 8. The van der Waals surface area contributed by atoms with Crippen molar-refractivity contribution in [1.29, 1.82) is 0 Å². The minimum absolute atomic E-state index is 0.0308. The zero-order valence-corrected chi connectivity index (χ0v) is 22.5. The predicted molar refractivity (Wildman–Crippen MR) is 145 cm³/mol. The summed E-state index contributed by atoms with van der Waals surface area (Å²) in [5.41, 5.74) is 1.44. The first kappa shape index (κ1) is 26.6. The van der Waals surface area contributed by atoms with Gasteiger partial charge < -0.3 is 26.0 Å². The number of carbonyl (C=O) groups excluding carboxylic acids is 2. The maximum absolute atomic E-state index is 14.1. The molecule has 3 heterocycles. The predicted octanol–water partition coefficient (Wildman–Crippen LogP) is 4.59. The van der Waals surface area contributed by atoms with Crippen LogP contribution in [0.1, 0.15) is 69.8 Å². The highest BCUT2D eigenvalue weighted by Crippen LogP contribution is 2.30. The van der Waals surface area contributed by atoms with E-state index in [1.165, 1.54) is 23.0 Å². The van der Waals surface area contributed by atoms with Crippen molar-refractivity contribution >= 4 is 34.8 Å². The topological polar surface area (TPSA) is 135 Å². The van der Waals surface area contributed by atoms with Crippen molar-refractivity contribution in [1.82, 2.24) is 24.9 Å². The third-order valence-corrected chi connectivity index (χ3v) is 6.70. The Hall–Kier alpha value is -3.96. The quantitative estimate of drug-likeness (QED) is 0.327. The third kappa shape index (κ3) is 6.92. The Morgan fingerprint density at radius 2 is 1.72 bits per heavy atom. The Kier molecular flexibility index (Phi) is 7.53. The second kappa shape index (κ2) is 11.0. The summed E-state index contributed by atoms with van der Waals surface area (Å²) in [6, 6.07) is 3.89. The van der Waals surface area contributed by atoms with Crippen LogP contribution in [0.5, 0.6) is 0 Å². The van der Waals surface area contributed by atoms with Crippen molar-refractivity contribution in [2.75, 3.05) is 22.6 Å². The van der Waals surface area contributed by atoms with Crippen molar-refractivity contribution in [2.24, 2.45) is 5.41 Å². The first-order valence-electron chi connectivity index (χ1n) is 13.4. The minimum Gasteiger partial charge on any atom is -0.449 e. The van der Waals surface area contributed by atoms with Gasteiger partial charge in [0, 0.05) is 30.4 Å². The van der Waals surface area contributed by atoms with E-state index >= 15 is 0 Å². The van der Waals surface area contributed by atoms with E-state index in [2.05, 4.69) is 36.3 Å². The molecule has 0 unspecified atom stereocenters. The van der Waals surface area contributed by atoms with Crippen LogP contribution in [0.2, 0.25) is 0 Å². The van der Waals surface area contributed by atoms with Gasteiger partial charge in [-0.2, -0.15) is 0 Å². The van der Waals surface area contributed by atoms with E-state index in [-0.39, 0.29) is 35.0 Å². The third-order valence-electron chi connectivity index (χ3n) is 6.70. The van der Waals surface area contributed by atoms with Gasteiger partial charge in [-0.1, -0.05) is 20.8 Å². The highest BCUT2D eigenvalue weighted by molar-refractivity contribution is 6.03. The zero-order valence-electron chi connectivity index (χ0n) is 22.5. The van der Waals surface area contributed by atoms with Crippen LogP contribution in [0.4, 0.5) is 26.4 Å². The van der Waals surface area contributed by atoms with Gasteiger partial charge in [-0.15, -0.1) is 5.10 Å². The first-order chi connectivity index (χ1) is 18.6. The average Bonchev–Trinajstić information content (AvgIpc) is 3.60. The van der Waals surface area contributed by atoms with Crippen molar-refractivity contribution in [3.05, 3.63) is 42.2 Å². The van der Waals surface area contributed by atoms with E-state index in [0.29, 0.717) is 24.1 Å². The number of pyridine rings is 1. The molecule has 0 aromatic carbocycles. The molecule has 0 aliphatic heterocycles. The normalized spacial score (nSPS) is 19.4. The van der Waals surface area contributed by atoms with Crippen LogP contribution >= 0.6 is 0 Å². The van der Waals surface area contributed by atoms with Crippen LogP contribution in [0.15, 0.2) is 30.7 Å². The molecule has 2 saturated carbocycles. The minimum atomic E-state index is -0.626. The molecule has 0 bridgehead atoms. The van der Waals surface area contributed by atoms with Gasteiger partial charge in [0.05, 0.1) is 30.4 Å². The van der Waals surface area contributed by atoms with Crippen LogP contribution in [0.3, 0.4) is 0 Å². The van der Waals surface area contributed by atoms with Gasteiger partial charge in [0.1, 0.15) is 5.82 Å². The molecule has 3 aromatic heterocycles. The molecule has 5 rings (SSSR count). The van der Waals surface area contributed by atoms with Crippen LogP contribution in [-0.4, -0.2) is 56.3 Å². The van der Waals surface area contributed by atoms with Crippen LogP contribution in [0.25, 0.3) is 5.65 Å². The highest BCUT2D eigenvalue weighted by Gasteiger charge is 2.27. The average molecular weight is 539 g/mol. The monoisotopic (exact) mass is 538 g/mol. The summed E-state index contributed by atoms with van der Waals surface area (Å²) >= 11 is 0. The summed E-state index contributed by atoms with van der Waals surface area (Å²) in [6.45, 7) is 6.43. The number of aromatic nitrogens is 4. The molecule has 0 radical (unpaired) electrons. The van der Waals surface area contributed by atoms with Gasteiger partial charge in [-0.25, -0.2) is 18.7 Å². The summed E-state index contributed by atoms with van der Waals surface area (Å²) in [6.07, 6.45) is 8.97. The summed E-state index contributed by atoms with van der Waals surface area (Å²) in [5, 5.41) is 17.2. The number of amides is 2. The Morgan fingerprint density at radius 3 is 2.41 bits per heavy atom. The van der Waals surface area contributed by atoms with E-state index in [0.717, 1.165) is 50.4 Å². The van der Waals surface area contributed by atoms with Gasteiger partial charge in [0.2, 0.25) is 0 Å². The zero-order chi connectivity index (χ0) is 27.6. The molecule has 2 aliphatic carbocycles. The lowest BCUT2D eigenvalue weighted by Crippen LogP contribution is -2.41. The fourth-order valence-corrected chi connectivity index (χ4v) is 4.49. The molecule has 0 saturated heterocycles. The Labute approximate surface area is 226 Å². The standard InChI is InChI=1S/C27H35FN8O3/c1-27(2,3)15-39-26(38)33-18-8-6-17(7-9-18)32-23-12-21(31-16-4-5-16)24-30-14-22(36(24)35-23)25(37)34-20-10-11-29-13-19(20)28/h10-14,16-18,31H,4-9,15H2,1-3H3,(H,32,35)(H,33,38)(H,29,34,37)/t17-,18-. The van der Waals surface area contributed by atoms with Crippen molar-refractivity contribution in [2.45, 2.75) is 77.4 Å². The Balaban J connectivity index is 1.27. The summed E-state index contributed by atoms with van der Waals surface area (Å²) in [7, 11) is 0. The molecule has 4 N–H and O–H groups in total. The highest BCUT2D eigenvalue weighted by atomic mass is 19.1. The number of nitrogens with one attached hydrogen (secondary N) is 4. The summed E-state index contributed by atoms with van der Waals surface area (Å²) in [5.74, 6) is -0.549. The first-order valence-corrected chi connectivity index (χ1v) is 13.4. The lowest BCUT2D eigenvalue weighted by Gasteiger charge is -2.30. The molecule has 2 fully saturated rings. The van der Waals surface area contributed by atoms with Crippen LogP contribution in [0, 0.1) is 11.2 Å². The van der Waals surface area contributed by atoms with Gasteiger partial charge >= 0.3 is 6.09 Å². The fraction of sp³-hybridized carbons (Fsp3) is 0.519. The molecule has 0 spiro atoms. The molecule has 2 amide bonds. The van der Waals surface area contributed by atoms with E-state index in [1.807, 2.05) is 26.8 Å². The van der Waals surface area contributed by atoms with E-state index in [9.17, 15) is 14.0 Å². The lowest BCUT2D eigenvalue weighted by molar-refractivity contribution is 0.101. The van der Waals surface area contributed by atoms with Gasteiger partial charge in [-0.3, -0.25) is 9.78 Å². The maximum Gasteiger partial charge on any atom is 0.407 e. The Bertz CT molecular complexity index is 1340. The number of anilines is 3. The van der Waals surface area contributed by atoms with Gasteiger partial charge in [-0.05, 0) is 50.0 Å². The van der Waals surface area contributed by atoms with E-state index < -0.39 is 11.7 Å². The SMILES string of the molecule is CC(C)(C)COC(=O)N[C@H]1CC[C@H](Nc2cc(NC3CC3)c3ncc(C(=O)Nc4ccncc4F)n3n2)CC1. The van der Waals surface area contributed by atoms with Crippen LogP contribution in [-0.2, 0) is 4.74 Å². The van der Waals surface area contributed by atoms with Gasteiger partial charge in [0.25, 0.3) is 5.91 Å². The van der Waals surface area contributed by atoms with E-state index in [1.54, 1.807) is 0 Å². The number of hydrogen-bond donors (Lipinski definition) is 4. The molecule has 12 heteroatoms. The largest absolute Gasteiger partial charge is 0.449 e. The number of fused-ring (bicyclic) bond motifs is 1. The second-order valence-electron chi connectivity index (χ2n) is 11.5. The van der Waals surface area contributed by atoms with Crippen molar-refractivity contribution in [3.8, 4) is 0 Å². The molecule has 11 nitrogen and oxygen atoms in total. The van der Waals surface area contributed by atoms with Crippen molar-refractivity contribution < 1.29 is 18.7 Å². The number of imidazole rings is 1. The van der Waals surface area contributed by atoms with Crippen molar-refractivity contribution in [3.63, 3.8) is 0 Å². The molecule has 3 aromatic rings. The Morgan fingerprint density at radius 1 is 1.03 bits per heavy atom. The number of halogens is 1. The number of carbonyl (C=O) groups is 2. The maximum atomic E-state index is 14.1. The number of ether oxygens (including phenoxy) is 1. The number of nitrogens with zero attached hydrogens (tertiary/aromatic N) is 4. The molecule has 39 heavy (non-hydrogen) atoms. The number of alkyl carbamates (subject to hydrolysis) is 1. The lowest BCUT2D eigenvalue weighted by atomic mass is 9.91. The number of rotatable bonds is 8. The van der Waals surface area contributed by atoms with Crippen LogP contribution < -0.4 is 21.3 Å². The molecule has 0 atom stereocenters. The molecule has 2 aliphatic rings. The second-order valence-corrected chi connectivity index (χ2v) is 11.5.